The normalized spacial score (nSPS) is 10.9. The smallest absolute Gasteiger partial charge is 0.251 e. The van der Waals surface area contributed by atoms with Crippen LogP contribution in [-0.2, 0) is 7.05 Å². The first-order valence-electron chi connectivity index (χ1n) is 10.2. The molecule has 0 spiro atoms. The highest BCUT2D eigenvalue weighted by molar-refractivity contribution is 5.96. The van der Waals surface area contributed by atoms with Crippen molar-refractivity contribution in [1.82, 2.24) is 25.1 Å². The highest BCUT2D eigenvalue weighted by Gasteiger charge is 2.15. The van der Waals surface area contributed by atoms with Crippen molar-refractivity contribution in [2.24, 2.45) is 12.8 Å². The first kappa shape index (κ1) is 21.3. The van der Waals surface area contributed by atoms with Crippen LogP contribution < -0.4 is 20.7 Å². The van der Waals surface area contributed by atoms with E-state index in [1.165, 1.54) is 0 Å². The summed E-state index contributed by atoms with van der Waals surface area (Å²) >= 11 is 0. The van der Waals surface area contributed by atoms with Gasteiger partial charge in [0.25, 0.3) is 5.91 Å². The second-order valence-electron chi connectivity index (χ2n) is 7.27. The molecule has 0 atom stereocenters. The Morgan fingerprint density at radius 3 is 2.69 bits per heavy atom. The number of nitrogens with zero attached hydrogens (tertiary/aromatic N) is 5. The summed E-state index contributed by atoms with van der Waals surface area (Å²) in [6.45, 7) is 0.966. The van der Waals surface area contributed by atoms with Crippen molar-refractivity contribution in [3.05, 3.63) is 60.6 Å². The number of carbonyl (C=O) groups is 1. The molecule has 0 bridgehead atoms. The van der Waals surface area contributed by atoms with Crippen molar-refractivity contribution in [2.45, 2.75) is 0 Å². The molecule has 0 fully saturated rings. The van der Waals surface area contributed by atoms with Crippen LogP contribution in [0.1, 0.15) is 10.4 Å². The lowest BCUT2D eigenvalue weighted by atomic mass is 10.1. The minimum absolute atomic E-state index is 0.191. The molecule has 2 heterocycles. The van der Waals surface area contributed by atoms with Gasteiger partial charge in [-0.05, 0) is 30.3 Å². The molecule has 0 aliphatic heterocycles. The monoisotopic (exact) mass is 431 g/mol. The van der Waals surface area contributed by atoms with E-state index < -0.39 is 0 Å². The molecule has 0 aliphatic rings. The summed E-state index contributed by atoms with van der Waals surface area (Å²) in [6.07, 6.45) is 5.41. The maximum Gasteiger partial charge on any atom is 0.251 e. The molecular formula is C23H25N7O2. The fourth-order valence-corrected chi connectivity index (χ4v) is 3.53. The summed E-state index contributed by atoms with van der Waals surface area (Å²) < 4.78 is 7.15. The number of aromatic nitrogens is 4. The number of rotatable bonds is 7. The fourth-order valence-electron chi connectivity index (χ4n) is 3.53. The van der Waals surface area contributed by atoms with Crippen molar-refractivity contribution in [3.63, 3.8) is 0 Å². The topological polar surface area (TPSA) is 111 Å². The summed E-state index contributed by atoms with van der Waals surface area (Å²) in [7, 11) is 5.04. The lowest BCUT2D eigenvalue weighted by Crippen LogP contribution is -2.25. The Balaban J connectivity index is 1.79. The average molecular weight is 432 g/mol. The van der Waals surface area contributed by atoms with E-state index in [2.05, 4.69) is 15.4 Å². The largest absolute Gasteiger partial charge is 0.497 e. The number of ether oxygens (including phenoxy) is 1. The van der Waals surface area contributed by atoms with Gasteiger partial charge in [0.2, 0.25) is 0 Å². The van der Waals surface area contributed by atoms with Gasteiger partial charge in [0.05, 0.1) is 36.2 Å². The summed E-state index contributed by atoms with van der Waals surface area (Å²) in [5.41, 5.74) is 11.3. The average Bonchev–Trinajstić information content (AvgIpc) is 3.27. The molecule has 4 aromatic rings. The lowest BCUT2D eigenvalue weighted by Gasteiger charge is -2.25. The number of methoxy groups -OCH3 is 1. The molecule has 4 rings (SSSR count). The number of benzene rings is 2. The van der Waals surface area contributed by atoms with Crippen molar-refractivity contribution in [1.29, 1.82) is 0 Å². The van der Waals surface area contributed by atoms with Gasteiger partial charge >= 0.3 is 0 Å². The zero-order valence-electron chi connectivity index (χ0n) is 18.2. The molecule has 164 valence electrons. The van der Waals surface area contributed by atoms with E-state index in [1.54, 1.807) is 37.3 Å². The second-order valence-corrected chi connectivity index (χ2v) is 7.27. The lowest BCUT2D eigenvalue weighted by molar-refractivity contribution is 0.0962. The molecular weight excluding hydrogens is 406 g/mol. The molecule has 0 saturated carbocycles. The third kappa shape index (κ3) is 4.23. The number of anilines is 2. The number of nitrogens with one attached hydrogen (secondary N) is 1. The Bertz CT molecular complexity index is 1270. The highest BCUT2D eigenvalue weighted by atomic mass is 16.5. The van der Waals surface area contributed by atoms with Crippen LogP contribution in [-0.4, -0.2) is 52.9 Å². The van der Waals surface area contributed by atoms with Gasteiger partial charge in [0.15, 0.2) is 0 Å². The minimum Gasteiger partial charge on any atom is -0.497 e. The number of fused-ring (bicyclic) bond motifs is 1. The molecule has 9 heteroatoms. The second kappa shape index (κ2) is 9.03. The van der Waals surface area contributed by atoms with E-state index in [0.717, 1.165) is 33.7 Å². The zero-order valence-corrected chi connectivity index (χ0v) is 18.2. The Labute approximate surface area is 185 Å². The Morgan fingerprint density at radius 2 is 2.00 bits per heavy atom. The van der Waals surface area contributed by atoms with Crippen LogP contribution in [0.5, 0.6) is 5.75 Å². The van der Waals surface area contributed by atoms with Gasteiger partial charge in [-0.25, -0.2) is 4.98 Å². The molecule has 0 radical (unpaired) electrons. The first-order chi connectivity index (χ1) is 15.5. The fraction of sp³-hybridized carbons (Fsp3) is 0.217. The number of amides is 1. The van der Waals surface area contributed by atoms with Crippen LogP contribution in [0.4, 0.5) is 11.4 Å². The van der Waals surface area contributed by atoms with Crippen molar-refractivity contribution in [3.8, 4) is 17.0 Å². The molecule has 0 saturated heterocycles. The number of carbonyl (C=O) groups excluding carboxylic acids is 1. The Hall–Kier alpha value is -3.98. The predicted molar refractivity (Wildman–Crippen MR) is 124 cm³/mol. The van der Waals surface area contributed by atoms with E-state index in [9.17, 15) is 4.79 Å². The molecule has 2 aromatic heterocycles. The maximum absolute atomic E-state index is 12.3. The third-order valence-electron chi connectivity index (χ3n) is 5.12. The number of nitrogens with two attached hydrogens (primary N) is 1. The molecule has 9 nitrogen and oxygen atoms in total. The predicted octanol–water partition coefficient (Wildman–Crippen LogP) is 2.50. The van der Waals surface area contributed by atoms with Gasteiger partial charge in [-0.1, -0.05) is 0 Å². The quantitative estimate of drug-likeness (QED) is 0.462. The van der Waals surface area contributed by atoms with Crippen LogP contribution >= 0.6 is 0 Å². The molecule has 3 N–H and O–H groups in total. The maximum atomic E-state index is 12.3. The van der Waals surface area contributed by atoms with Crippen molar-refractivity contribution in [2.75, 3.05) is 32.1 Å². The van der Waals surface area contributed by atoms with Crippen LogP contribution in [0.2, 0.25) is 0 Å². The molecule has 0 unspecified atom stereocenters. The molecule has 1 amide bonds. The van der Waals surface area contributed by atoms with Gasteiger partial charge < -0.3 is 20.7 Å². The van der Waals surface area contributed by atoms with E-state index in [4.69, 9.17) is 15.5 Å². The van der Waals surface area contributed by atoms with E-state index >= 15 is 0 Å². The highest BCUT2D eigenvalue weighted by Crippen LogP contribution is 2.31. The number of hydrogen-bond donors (Lipinski definition) is 2. The number of aryl methyl sites for hydroxylation is 1. The van der Waals surface area contributed by atoms with Gasteiger partial charge in [0, 0.05) is 61.9 Å². The minimum atomic E-state index is -0.191. The van der Waals surface area contributed by atoms with Crippen molar-refractivity contribution >= 4 is 28.3 Å². The summed E-state index contributed by atoms with van der Waals surface area (Å²) in [5, 5.41) is 6.87. The third-order valence-corrected chi connectivity index (χ3v) is 5.12. The standard InChI is InChI=1S/C23H25N7O2/c1-25-23(31)15-8-18(10-19(9-15)32-3)30(7-6-24)17-4-5-20-21(11-17)28-22(13-26-20)16-12-27-29(2)14-16/h4-5,8-14H,6-7,24H2,1-3H3,(H,25,31). The summed E-state index contributed by atoms with van der Waals surface area (Å²) in [6, 6.07) is 11.3. The first-order valence-corrected chi connectivity index (χ1v) is 10.2. The van der Waals surface area contributed by atoms with Crippen LogP contribution in [0.15, 0.2) is 55.0 Å². The van der Waals surface area contributed by atoms with Crippen LogP contribution in [0, 0.1) is 0 Å². The Morgan fingerprint density at radius 1 is 1.16 bits per heavy atom. The zero-order chi connectivity index (χ0) is 22.7. The summed E-state index contributed by atoms with van der Waals surface area (Å²) in [4.78, 5) is 23.6. The van der Waals surface area contributed by atoms with E-state index in [1.807, 2.05) is 48.5 Å². The van der Waals surface area contributed by atoms with Gasteiger partial charge in [-0.15, -0.1) is 0 Å². The van der Waals surface area contributed by atoms with Crippen molar-refractivity contribution < 1.29 is 9.53 Å². The molecule has 0 aliphatic carbocycles. The Kier molecular flexibility index (Phi) is 6.00. The van der Waals surface area contributed by atoms with Crippen LogP contribution in [0.3, 0.4) is 0 Å². The van der Waals surface area contributed by atoms with Gasteiger partial charge in [-0.3, -0.25) is 14.5 Å². The van der Waals surface area contributed by atoms with Gasteiger partial charge in [-0.2, -0.15) is 5.10 Å². The molecule has 32 heavy (non-hydrogen) atoms. The SMILES string of the molecule is CNC(=O)c1cc(OC)cc(N(CCN)c2ccc3ncc(-c4cnn(C)c4)nc3c2)c1. The van der Waals surface area contributed by atoms with E-state index in [-0.39, 0.29) is 5.91 Å². The van der Waals surface area contributed by atoms with Crippen LogP contribution in [0.25, 0.3) is 22.3 Å². The number of hydrogen-bond acceptors (Lipinski definition) is 7. The molecule has 2 aromatic carbocycles. The summed E-state index contributed by atoms with van der Waals surface area (Å²) in [5.74, 6) is 0.394. The van der Waals surface area contributed by atoms with Gasteiger partial charge in [0.1, 0.15) is 5.75 Å². The van der Waals surface area contributed by atoms with E-state index in [0.29, 0.717) is 24.4 Å².